The van der Waals surface area contributed by atoms with Gasteiger partial charge in [-0.15, -0.1) is 11.3 Å². The van der Waals surface area contributed by atoms with Crippen LogP contribution in [0.1, 0.15) is 28.9 Å². The number of benzene rings is 1. The van der Waals surface area contributed by atoms with Gasteiger partial charge in [0.1, 0.15) is 5.01 Å². The molecular weight excluding hydrogens is 362 g/mol. The third-order valence-corrected chi connectivity index (χ3v) is 6.29. The van der Waals surface area contributed by atoms with Gasteiger partial charge in [0.25, 0.3) is 5.91 Å². The average molecular weight is 384 g/mol. The maximum absolute atomic E-state index is 12.2. The second kappa shape index (κ2) is 8.12. The van der Waals surface area contributed by atoms with Gasteiger partial charge in [0.2, 0.25) is 0 Å². The number of amides is 1. The first-order valence-corrected chi connectivity index (χ1v) is 10.7. The fraction of sp³-hybridized carbons (Fsp3) is 0.300. The molecule has 0 aliphatic carbocycles. The van der Waals surface area contributed by atoms with Gasteiger partial charge in [-0.2, -0.15) is 11.3 Å². The van der Waals surface area contributed by atoms with Gasteiger partial charge < -0.3 is 5.32 Å². The first-order valence-electron chi connectivity index (χ1n) is 8.83. The molecule has 1 saturated heterocycles. The molecule has 1 aromatic carbocycles. The van der Waals surface area contributed by atoms with Crippen molar-refractivity contribution in [1.29, 1.82) is 0 Å². The van der Waals surface area contributed by atoms with Gasteiger partial charge in [0, 0.05) is 47.6 Å². The SMILES string of the molecule is O=C(NC1CCN(Cc2csc(-c3ccccc3)n2)CC1)c1ccsc1. The Kier molecular flexibility index (Phi) is 5.43. The highest BCUT2D eigenvalue weighted by Gasteiger charge is 2.22. The summed E-state index contributed by atoms with van der Waals surface area (Å²) in [7, 11) is 0. The lowest BCUT2D eigenvalue weighted by atomic mass is 10.0. The molecule has 1 aliphatic heterocycles. The van der Waals surface area contributed by atoms with Crippen LogP contribution in [0.2, 0.25) is 0 Å². The quantitative estimate of drug-likeness (QED) is 0.716. The second-order valence-corrected chi connectivity index (χ2v) is 8.18. The fourth-order valence-corrected chi connectivity index (χ4v) is 4.67. The Bertz CT molecular complexity index is 837. The van der Waals surface area contributed by atoms with Crippen LogP contribution in [-0.4, -0.2) is 34.9 Å². The van der Waals surface area contributed by atoms with E-state index in [1.165, 1.54) is 5.56 Å². The van der Waals surface area contributed by atoms with E-state index >= 15 is 0 Å². The van der Waals surface area contributed by atoms with Crippen molar-refractivity contribution in [3.63, 3.8) is 0 Å². The first-order chi connectivity index (χ1) is 12.8. The van der Waals surface area contributed by atoms with Gasteiger partial charge in [-0.05, 0) is 24.3 Å². The predicted octanol–water partition coefficient (Wildman–Crippen LogP) is 4.27. The van der Waals surface area contributed by atoms with E-state index < -0.39 is 0 Å². The maximum Gasteiger partial charge on any atom is 0.252 e. The molecule has 1 amide bonds. The van der Waals surface area contributed by atoms with E-state index in [1.54, 1.807) is 22.7 Å². The summed E-state index contributed by atoms with van der Waals surface area (Å²) in [6.45, 7) is 2.87. The molecule has 6 heteroatoms. The van der Waals surface area contributed by atoms with Crippen LogP contribution in [0, 0.1) is 0 Å². The minimum absolute atomic E-state index is 0.0525. The van der Waals surface area contributed by atoms with E-state index in [1.807, 2.05) is 35.0 Å². The zero-order chi connectivity index (χ0) is 17.8. The Hall–Kier alpha value is -2.02. The molecule has 1 fully saturated rings. The van der Waals surface area contributed by atoms with Gasteiger partial charge in [-0.1, -0.05) is 30.3 Å². The summed E-state index contributed by atoms with van der Waals surface area (Å²) in [5.41, 5.74) is 3.08. The number of nitrogens with zero attached hydrogens (tertiary/aromatic N) is 2. The lowest BCUT2D eigenvalue weighted by molar-refractivity contribution is 0.0909. The number of rotatable bonds is 5. The molecule has 0 atom stereocenters. The number of aromatic nitrogens is 1. The fourth-order valence-electron chi connectivity index (χ4n) is 3.22. The Balaban J connectivity index is 1.28. The van der Waals surface area contributed by atoms with Crippen LogP contribution in [0.3, 0.4) is 0 Å². The number of carbonyl (C=O) groups excluding carboxylic acids is 1. The van der Waals surface area contributed by atoms with Crippen LogP contribution >= 0.6 is 22.7 Å². The van der Waals surface area contributed by atoms with Crippen LogP contribution in [0.4, 0.5) is 0 Å². The Morgan fingerprint density at radius 3 is 2.69 bits per heavy atom. The molecule has 1 N–H and O–H groups in total. The maximum atomic E-state index is 12.2. The van der Waals surface area contributed by atoms with Gasteiger partial charge >= 0.3 is 0 Å². The van der Waals surface area contributed by atoms with Crippen molar-refractivity contribution < 1.29 is 4.79 Å². The standard InChI is InChI=1S/C20H21N3OS2/c24-19(16-8-11-25-13-16)21-17-6-9-23(10-7-17)12-18-14-26-20(22-18)15-4-2-1-3-5-15/h1-5,8,11,13-14,17H,6-7,9-10,12H2,(H,21,24). The number of thiazole rings is 1. The molecule has 4 nitrogen and oxygen atoms in total. The third-order valence-electron chi connectivity index (χ3n) is 4.66. The van der Waals surface area contributed by atoms with Gasteiger partial charge in [0.15, 0.2) is 0 Å². The third kappa shape index (κ3) is 4.20. The van der Waals surface area contributed by atoms with Gasteiger partial charge in [-0.25, -0.2) is 4.98 Å². The highest BCUT2D eigenvalue weighted by atomic mass is 32.1. The van der Waals surface area contributed by atoms with Crippen molar-refractivity contribution in [2.75, 3.05) is 13.1 Å². The highest BCUT2D eigenvalue weighted by Crippen LogP contribution is 2.24. The summed E-state index contributed by atoms with van der Waals surface area (Å²) in [6, 6.07) is 12.5. The number of carbonyl (C=O) groups is 1. The van der Waals surface area contributed by atoms with Crippen LogP contribution in [0.25, 0.3) is 10.6 Å². The molecule has 134 valence electrons. The Labute approximate surface area is 161 Å². The number of piperidine rings is 1. The molecule has 0 unspecified atom stereocenters. The van der Waals surface area contributed by atoms with Gasteiger partial charge in [0.05, 0.1) is 5.69 Å². The zero-order valence-corrected chi connectivity index (χ0v) is 16.1. The smallest absolute Gasteiger partial charge is 0.252 e. The summed E-state index contributed by atoms with van der Waals surface area (Å²) < 4.78 is 0. The molecule has 0 bridgehead atoms. The topological polar surface area (TPSA) is 45.2 Å². The molecule has 1 aliphatic rings. The molecular formula is C20H21N3OS2. The van der Waals surface area contributed by atoms with Crippen molar-refractivity contribution in [3.8, 4) is 10.6 Å². The van der Waals surface area contributed by atoms with Crippen molar-refractivity contribution in [2.24, 2.45) is 0 Å². The molecule has 3 heterocycles. The predicted molar refractivity (Wildman–Crippen MR) is 108 cm³/mol. The van der Waals surface area contributed by atoms with E-state index in [-0.39, 0.29) is 11.9 Å². The molecule has 4 rings (SSSR count). The molecule has 0 radical (unpaired) electrons. The Morgan fingerprint density at radius 2 is 1.96 bits per heavy atom. The zero-order valence-electron chi connectivity index (χ0n) is 14.4. The van der Waals surface area contributed by atoms with Crippen LogP contribution in [0.15, 0.2) is 52.5 Å². The van der Waals surface area contributed by atoms with Crippen molar-refractivity contribution in [2.45, 2.75) is 25.4 Å². The Morgan fingerprint density at radius 1 is 1.15 bits per heavy atom. The first kappa shape index (κ1) is 17.4. The minimum atomic E-state index is 0.0525. The summed E-state index contributed by atoms with van der Waals surface area (Å²) in [5, 5.41) is 10.2. The summed E-state index contributed by atoms with van der Waals surface area (Å²) >= 11 is 3.26. The number of hydrogen-bond acceptors (Lipinski definition) is 5. The summed E-state index contributed by atoms with van der Waals surface area (Å²) in [5.74, 6) is 0.0525. The average Bonchev–Trinajstić information content (AvgIpc) is 3.36. The largest absolute Gasteiger partial charge is 0.349 e. The lowest BCUT2D eigenvalue weighted by Gasteiger charge is -2.31. The number of likely N-dealkylation sites (tertiary alicyclic amines) is 1. The normalized spacial score (nSPS) is 15.8. The van der Waals surface area contributed by atoms with Crippen molar-refractivity contribution >= 4 is 28.6 Å². The number of hydrogen-bond donors (Lipinski definition) is 1. The van der Waals surface area contributed by atoms with E-state index in [2.05, 4.69) is 27.7 Å². The minimum Gasteiger partial charge on any atom is -0.349 e. The molecule has 0 saturated carbocycles. The molecule has 3 aromatic rings. The van der Waals surface area contributed by atoms with Crippen LogP contribution in [0.5, 0.6) is 0 Å². The van der Waals surface area contributed by atoms with E-state index in [4.69, 9.17) is 4.98 Å². The number of nitrogens with one attached hydrogen (secondary N) is 1. The second-order valence-electron chi connectivity index (χ2n) is 6.55. The van der Waals surface area contributed by atoms with E-state index in [9.17, 15) is 4.79 Å². The van der Waals surface area contributed by atoms with Crippen LogP contribution < -0.4 is 5.32 Å². The van der Waals surface area contributed by atoms with E-state index in [0.29, 0.717) is 0 Å². The molecule has 0 spiro atoms. The number of thiophene rings is 1. The summed E-state index contributed by atoms with van der Waals surface area (Å²) in [4.78, 5) is 19.4. The van der Waals surface area contributed by atoms with Crippen molar-refractivity contribution in [3.05, 3.63) is 63.8 Å². The monoisotopic (exact) mass is 383 g/mol. The molecule has 2 aromatic heterocycles. The lowest BCUT2D eigenvalue weighted by Crippen LogP contribution is -2.44. The van der Waals surface area contributed by atoms with Crippen molar-refractivity contribution in [1.82, 2.24) is 15.2 Å². The van der Waals surface area contributed by atoms with Gasteiger partial charge in [-0.3, -0.25) is 9.69 Å². The van der Waals surface area contributed by atoms with Crippen LogP contribution in [-0.2, 0) is 6.54 Å². The molecule has 26 heavy (non-hydrogen) atoms. The highest BCUT2D eigenvalue weighted by molar-refractivity contribution is 7.13. The van der Waals surface area contributed by atoms with E-state index in [0.717, 1.165) is 48.7 Å². The summed E-state index contributed by atoms with van der Waals surface area (Å²) in [6.07, 6.45) is 1.98.